The third kappa shape index (κ3) is 7.59. The molecule has 1 aliphatic heterocycles. The van der Waals surface area contributed by atoms with Gasteiger partial charge in [0, 0.05) is 29.4 Å². The van der Waals surface area contributed by atoms with E-state index in [1.165, 1.54) is 12.3 Å². The molecular formula is C33H33FN6O3S. The number of para-hydroxylation sites is 1. The fourth-order valence-corrected chi connectivity index (χ4v) is 5.49. The van der Waals surface area contributed by atoms with Crippen LogP contribution in [0.4, 0.5) is 10.1 Å². The second-order valence-electron chi connectivity index (χ2n) is 10.4. The van der Waals surface area contributed by atoms with Gasteiger partial charge in [0.2, 0.25) is 11.8 Å². The van der Waals surface area contributed by atoms with Gasteiger partial charge in [0.25, 0.3) is 0 Å². The zero-order valence-electron chi connectivity index (χ0n) is 24.7. The van der Waals surface area contributed by atoms with E-state index >= 15 is 0 Å². The van der Waals surface area contributed by atoms with Crippen molar-refractivity contribution in [2.45, 2.75) is 45.3 Å². The monoisotopic (exact) mass is 612 g/mol. The van der Waals surface area contributed by atoms with Crippen LogP contribution < -0.4 is 15.4 Å². The molecule has 1 aromatic heterocycles. The quantitative estimate of drug-likeness (QED) is 0.115. The molecule has 2 amide bonds. The average Bonchev–Trinajstić information content (AvgIpc) is 3.59. The smallest absolute Gasteiger partial charge is 0.240 e. The normalized spacial score (nSPS) is 15.6. The fourth-order valence-electron chi connectivity index (χ4n) is 4.56. The summed E-state index contributed by atoms with van der Waals surface area (Å²) in [7, 11) is 0. The number of halogens is 1. The predicted molar refractivity (Wildman–Crippen MR) is 173 cm³/mol. The first-order valence-electron chi connectivity index (χ1n) is 14.3. The van der Waals surface area contributed by atoms with E-state index in [-0.39, 0.29) is 29.2 Å². The highest BCUT2D eigenvalue weighted by molar-refractivity contribution is 8.15. The molecule has 2 heterocycles. The number of hydrogen-bond donors (Lipinski definition) is 2. The molecule has 9 nitrogen and oxygen atoms in total. The standard InChI is InChI=1S/C33H33FN6O3S/c1-4-5-15-43-28-14-12-23(17-26(28)34)31-24(20-40(39-31)25-9-7-6-8-10-25)19-35-38-33-37-32(42)29(44-33)18-30(41)36-27-13-11-21(2)16-22(27)3/h6-14,16-17,19-20,29H,4-5,15,18H2,1-3H3,(H,36,41)(H,37,38,42)/b35-19-/t29-/m0/s1. The highest BCUT2D eigenvalue weighted by Crippen LogP contribution is 2.28. The summed E-state index contributed by atoms with van der Waals surface area (Å²) in [4.78, 5) is 25.2. The Kier molecular flexibility index (Phi) is 9.86. The summed E-state index contributed by atoms with van der Waals surface area (Å²) in [6.07, 6.45) is 5.06. The number of amidine groups is 1. The zero-order valence-corrected chi connectivity index (χ0v) is 25.5. The maximum atomic E-state index is 14.9. The summed E-state index contributed by atoms with van der Waals surface area (Å²) in [6.45, 7) is 6.40. The van der Waals surface area contributed by atoms with Crippen molar-refractivity contribution in [2.75, 3.05) is 11.9 Å². The number of rotatable bonds is 11. The molecule has 0 saturated carbocycles. The molecule has 0 radical (unpaired) electrons. The van der Waals surface area contributed by atoms with Gasteiger partial charge in [-0.1, -0.05) is 61.0 Å². The SMILES string of the molecule is CCCCOc1ccc(-c2nn(-c3ccccc3)cc2/C=N\N=C2\NC(=O)[C@H](CC(=O)Nc3ccc(C)cc3C)S2)cc1F. The van der Waals surface area contributed by atoms with Gasteiger partial charge in [-0.2, -0.15) is 10.2 Å². The molecule has 44 heavy (non-hydrogen) atoms. The number of amides is 2. The third-order valence-corrected chi connectivity index (χ3v) is 7.94. The van der Waals surface area contributed by atoms with Crippen LogP contribution in [0, 0.1) is 19.7 Å². The molecule has 2 N–H and O–H groups in total. The lowest BCUT2D eigenvalue weighted by molar-refractivity contribution is -0.122. The second-order valence-corrected chi connectivity index (χ2v) is 11.6. The van der Waals surface area contributed by atoms with Gasteiger partial charge >= 0.3 is 0 Å². The van der Waals surface area contributed by atoms with Crippen LogP contribution in [0.25, 0.3) is 16.9 Å². The van der Waals surface area contributed by atoms with E-state index in [0.29, 0.717) is 29.1 Å². The Morgan fingerprint density at radius 3 is 2.73 bits per heavy atom. The Balaban J connectivity index is 1.31. The van der Waals surface area contributed by atoms with Crippen molar-refractivity contribution in [1.29, 1.82) is 0 Å². The van der Waals surface area contributed by atoms with Crippen LogP contribution in [0.3, 0.4) is 0 Å². The van der Waals surface area contributed by atoms with Crippen molar-refractivity contribution < 1.29 is 18.7 Å². The first-order valence-corrected chi connectivity index (χ1v) is 15.2. The number of thioether (sulfide) groups is 1. The van der Waals surface area contributed by atoms with Gasteiger partial charge in [0.15, 0.2) is 16.7 Å². The summed E-state index contributed by atoms with van der Waals surface area (Å²) >= 11 is 1.14. The van der Waals surface area contributed by atoms with E-state index in [4.69, 9.17) is 9.84 Å². The van der Waals surface area contributed by atoms with Crippen molar-refractivity contribution in [3.05, 3.63) is 95.4 Å². The number of anilines is 1. The van der Waals surface area contributed by atoms with Gasteiger partial charge in [0.1, 0.15) is 10.9 Å². The largest absolute Gasteiger partial charge is 0.491 e. The Labute approximate surface area is 259 Å². The third-order valence-electron chi connectivity index (χ3n) is 6.87. The number of aryl methyl sites for hydroxylation is 2. The number of unbranched alkanes of at least 4 members (excludes halogenated alkanes) is 1. The summed E-state index contributed by atoms with van der Waals surface area (Å²) in [5.74, 6) is -0.860. The number of hydrogen-bond acceptors (Lipinski definition) is 7. The Bertz CT molecular complexity index is 1720. The lowest BCUT2D eigenvalue weighted by Crippen LogP contribution is -2.28. The molecule has 0 aliphatic carbocycles. The molecule has 226 valence electrons. The van der Waals surface area contributed by atoms with Crippen LogP contribution in [-0.2, 0) is 9.59 Å². The van der Waals surface area contributed by atoms with Crippen molar-refractivity contribution >= 4 is 40.6 Å². The Hall–Kier alpha value is -4.77. The first-order chi connectivity index (χ1) is 21.3. The molecule has 0 unspecified atom stereocenters. The molecule has 1 fully saturated rings. The number of nitrogens with one attached hydrogen (secondary N) is 2. The molecular weight excluding hydrogens is 579 g/mol. The van der Waals surface area contributed by atoms with Crippen LogP contribution in [0.15, 0.2) is 83.1 Å². The topological polar surface area (TPSA) is 110 Å². The maximum absolute atomic E-state index is 14.9. The van der Waals surface area contributed by atoms with Crippen molar-refractivity contribution in [1.82, 2.24) is 15.1 Å². The number of ether oxygens (including phenoxy) is 1. The average molecular weight is 613 g/mol. The van der Waals surface area contributed by atoms with Crippen molar-refractivity contribution in [2.24, 2.45) is 10.2 Å². The molecule has 1 atom stereocenters. The zero-order chi connectivity index (χ0) is 31.1. The molecule has 1 aliphatic rings. The highest BCUT2D eigenvalue weighted by atomic mass is 32.2. The van der Waals surface area contributed by atoms with Crippen LogP contribution in [0.2, 0.25) is 0 Å². The van der Waals surface area contributed by atoms with Crippen LogP contribution in [-0.4, -0.2) is 44.8 Å². The fraction of sp³-hybridized carbons (Fsp3) is 0.242. The van der Waals surface area contributed by atoms with Crippen molar-refractivity contribution in [3.63, 3.8) is 0 Å². The van der Waals surface area contributed by atoms with E-state index in [1.54, 1.807) is 23.0 Å². The minimum Gasteiger partial charge on any atom is -0.491 e. The van der Waals surface area contributed by atoms with E-state index < -0.39 is 11.1 Å². The number of aromatic nitrogens is 2. The van der Waals surface area contributed by atoms with Crippen LogP contribution in [0.1, 0.15) is 42.9 Å². The number of benzene rings is 3. The van der Waals surface area contributed by atoms with Crippen LogP contribution >= 0.6 is 11.8 Å². The predicted octanol–water partition coefficient (Wildman–Crippen LogP) is 6.42. The van der Waals surface area contributed by atoms with E-state index in [9.17, 15) is 14.0 Å². The lowest BCUT2D eigenvalue weighted by atomic mass is 10.1. The van der Waals surface area contributed by atoms with Gasteiger partial charge in [-0.25, -0.2) is 9.07 Å². The van der Waals surface area contributed by atoms with Gasteiger partial charge in [0.05, 0.1) is 18.5 Å². The highest BCUT2D eigenvalue weighted by Gasteiger charge is 2.32. The van der Waals surface area contributed by atoms with Gasteiger partial charge < -0.3 is 15.4 Å². The van der Waals surface area contributed by atoms with Gasteiger partial charge in [-0.05, 0) is 62.2 Å². The Morgan fingerprint density at radius 2 is 1.98 bits per heavy atom. The second kappa shape index (κ2) is 14.1. The van der Waals surface area contributed by atoms with Crippen LogP contribution in [0.5, 0.6) is 5.75 Å². The molecule has 5 rings (SSSR count). The van der Waals surface area contributed by atoms with E-state index in [0.717, 1.165) is 41.4 Å². The summed E-state index contributed by atoms with van der Waals surface area (Å²) in [5, 5.41) is 18.3. The minimum absolute atomic E-state index is 0.00966. The van der Waals surface area contributed by atoms with Gasteiger partial charge in [-0.3, -0.25) is 9.59 Å². The maximum Gasteiger partial charge on any atom is 0.240 e. The number of carbonyl (C=O) groups excluding carboxylic acids is 2. The van der Waals surface area contributed by atoms with E-state index in [2.05, 4.69) is 20.8 Å². The molecule has 0 spiro atoms. The number of carbonyl (C=O) groups is 2. The van der Waals surface area contributed by atoms with Gasteiger partial charge in [-0.15, -0.1) is 5.10 Å². The summed E-state index contributed by atoms with van der Waals surface area (Å²) < 4.78 is 22.2. The molecule has 0 bridgehead atoms. The number of nitrogens with zero attached hydrogens (tertiary/aromatic N) is 4. The molecule has 4 aromatic rings. The summed E-state index contributed by atoms with van der Waals surface area (Å²) in [5.41, 5.74) is 5.23. The molecule has 1 saturated heterocycles. The summed E-state index contributed by atoms with van der Waals surface area (Å²) in [6, 6.07) is 20.0. The minimum atomic E-state index is -0.632. The lowest BCUT2D eigenvalue weighted by Gasteiger charge is -2.10. The molecule has 3 aromatic carbocycles. The van der Waals surface area contributed by atoms with E-state index in [1.807, 2.05) is 69.3 Å². The molecule has 11 heteroatoms. The Morgan fingerprint density at radius 1 is 1.16 bits per heavy atom. The van der Waals surface area contributed by atoms with Crippen molar-refractivity contribution in [3.8, 4) is 22.7 Å². The first kappa shape index (κ1) is 30.7.